The number of hydrogen-bond donors (Lipinski definition) is 2. The Kier molecular flexibility index (Phi) is 7.73. The molecule has 0 bridgehead atoms. The van der Waals surface area contributed by atoms with Crippen LogP contribution in [0.3, 0.4) is 0 Å². The molecule has 3 aromatic carbocycles. The predicted octanol–water partition coefficient (Wildman–Crippen LogP) is 6.32. The molecule has 3 heterocycles. The molecule has 1 aromatic heterocycles. The fourth-order valence-corrected chi connectivity index (χ4v) is 8.05. The van der Waals surface area contributed by atoms with Gasteiger partial charge in [-0.15, -0.1) is 0 Å². The molecule has 1 fully saturated rings. The molecule has 1 saturated heterocycles. The Balaban J connectivity index is 1.32. The minimum atomic E-state index is -0.787. The number of thioether (sulfide) groups is 1. The maximum atomic E-state index is 13.9. The molecule has 0 spiro atoms. The summed E-state index contributed by atoms with van der Waals surface area (Å²) in [6, 6.07) is 18.7. The minimum absolute atomic E-state index is 0.281. The average molecular weight is 691 g/mol. The molecule has 41 heavy (non-hydrogen) atoms. The van der Waals surface area contributed by atoms with Crippen LogP contribution in [0.25, 0.3) is 0 Å². The molecule has 3 atom stereocenters. The Morgan fingerprint density at radius 2 is 1.76 bits per heavy atom. The number of imide groups is 1. The summed E-state index contributed by atoms with van der Waals surface area (Å²) in [6.45, 7) is -0.332. The highest BCUT2D eigenvalue weighted by molar-refractivity contribution is 9.10. The van der Waals surface area contributed by atoms with Crippen LogP contribution in [0.5, 0.6) is 5.75 Å². The van der Waals surface area contributed by atoms with E-state index in [9.17, 15) is 19.2 Å². The molecule has 4 aromatic rings. The number of anilines is 2. The van der Waals surface area contributed by atoms with Gasteiger partial charge in [-0.2, -0.15) is 0 Å². The number of carbonyl (C=O) groups excluding carboxylic acids is 3. The number of aromatic nitrogens is 1. The van der Waals surface area contributed by atoms with Gasteiger partial charge < -0.3 is 15.0 Å². The Morgan fingerprint density at radius 1 is 1.00 bits per heavy atom. The van der Waals surface area contributed by atoms with Crippen molar-refractivity contribution in [1.29, 1.82) is 0 Å². The van der Waals surface area contributed by atoms with Gasteiger partial charge in [-0.05, 0) is 48.5 Å². The fourth-order valence-electron chi connectivity index (χ4n) is 4.98. The molecule has 3 amide bonds. The number of rotatable bonds is 6. The van der Waals surface area contributed by atoms with Gasteiger partial charge in [0.25, 0.3) is 5.91 Å². The second-order valence-electron chi connectivity index (χ2n) is 9.24. The summed E-state index contributed by atoms with van der Waals surface area (Å²) in [5, 5.41) is 3.18. The van der Waals surface area contributed by atoms with Crippen LogP contribution in [-0.4, -0.2) is 34.6 Å². The first-order valence-electron chi connectivity index (χ1n) is 12.2. The smallest absolute Gasteiger partial charge is 0.305 e. The van der Waals surface area contributed by atoms with Crippen LogP contribution < -0.4 is 19.8 Å². The number of para-hydroxylation sites is 1. The molecule has 2 N–H and O–H groups in total. The number of thiazole rings is 1. The van der Waals surface area contributed by atoms with Gasteiger partial charge in [0.1, 0.15) is 11.0 Å². The van der Waals surface area contributed by atoms with Crippen molar-refractivity contribution in [3.8, 4) is 5.75 Å². The molecular weight excluding hydrogens is 673 g/mol. The Hall–Kier alpha value is -3.09. The average Bonchev–Trinajstić information content (AvgIpc) is 3.44. The SMILES string of the molecule is O=C(COc1ccccc1[C@H]1c2sc(=O)[nH]c2SC2C(=O)N(c3ccc(Br)cc3)C(=O)C21)Nc1ccc(Cl)c(Cl)c1. The normalized spacial score (nSPS) is 19.6. The Bertz CT molecular complexity index is 1760. The van der Waals surface area contributed by atoms with Crippen molar-refractivity contribution in [1.82, 2.24) is 4.98 Å². The summed E-state index contributed by atoms with van der Waals surface area (Å²) < 4.78 is 6.78. The van der Waals surface area contributed by atoms with Gasteiger partial charge in [-0.3, -0.25) is 19.2 Å². The fraction of sp³-hybridized carbons (Fsp3) is 0.143. The van der Waals surface area contributed by atoms with Crippen LogP contribution in [0.1, 0.15) is 16.4 Å². The number of fused-ring (bicyclic) bond motifs is 2. The van der Waals surface area contributed by atoms with Gasteiger partial charge in [-0.25, -0.2) is 4.90 Å². The first-order valence-corrected chi connectivity index (χ1v) is 15.5. The maximum Gasteiger partial charge on any atom is 0.305 e. The highest BCUT2D eigenvalue weighted by Crippen LogP contribution is 2.54. The lowest BCUT2D eigenvalue weighted by Gasteiger charge is -2.30. The topological polar surface area (TPSA) is 109 Å². The van der Waals surface area contributed by atoms with Gasteiger partial charge >= 0.3 is 4.87 Å². The van der Waals surface area contributed by atoms with Gasteiger partial charge in [0.05, 0.1) is 26.7 Å². The second kappa shape index (κ2) is 11.3. The molecule has 6 rings (SSSR count). The Morgan fingerprint density at radius 3 is 2.51 bits per heavy atom. The predicted molar refractivity (Wildman–Crippen MR) is 164 cm³/mol. The molecule has 2 aliphatic rings. The maximum absolute atomic E-state index is 13.9. The summed E-state index contributed by atoms with van der Waals surface area (Å²) in [5.41, 5.74) is 1.52. The van der Waals surface area contributed by atoms with Crippen LogP contribution in [-0.2, 0) is 14.4 Å². The van der Waals surface area contributed by atoms with E-state index in [-0.39, 0.29) is 23.3 Å². The summed E-state index contributed by atoms with van der Waals surface area (Å²) in [7, 11) is 0. The minimum Gasteiger partial charge on any atom is -0.483 e. The van der Waals surface area contributed by atoms with Crippen molar-refractivity contribution >= 4 is 91.3 Å². The van der Waals surface area contributed by atoms with E-state index < -0.39 is 23.0 Å². The van der Waals surface area contributed by atoms with Gasteiger partial charge in [-0.1, -0.05) is 80.4 Å². The van der Waals surface area contributed by atoms with E-state index in [1.54, 1.807) is 60.7 Å². The highest BCUT2D eigenvalue weighted by Gasteiger charge is 2.56. The number of nitrogens with one attached hydrogen (secondary N) is 2. The zero-order chi connectivity index (χ0) is 28.8. The van der Waals surface area contributed by atoms with E-state index in [1.165, 1.54) is 22.7 Å². The number of nitrogens with zero attached hydrogens (tertiary/aromatic N) is 1. The largest absolute Gasteiger partial charge is 0.483 e. The summed E-state index contributed by atoms with van der Waals surface area (Å²) in [4.78, 5) is 57.1. The quantitative estimate of drug-likeness (QED) is 0.229. The molecule has 13 heteroatoms. The molecule has 2 aliphatic heterocycles. The van der Waals surface area contributed by atoms with Crippen molar-refractivity contribution in [3.05, 3.63) is 101 Å². The van der Waals surface area contributed by atoms with Gasteiger partial charge in [0.15, 0.2) is 6.61 Å². The summed E-state index contributed by atoms with van der Waals surface area (Å²) in [6.07, 6.45) is 0. The van der Waals surface area contributed by atoms with Gasteiger partial charge in [0, 0.05) is 26.5 Å². The molecule has 208 valence electrons. The van der Waals surface area contributed by atoms with E-state index in [2.05, 4.69) is 26.2 Å². The molecule has 2 unspecified atom stereocenters. The lowest BCUT2D eigenvalue weighted by molar-refractivity contribution is -0.122. The second-order valence-corrected chi connectivity index (χ2v) is 13.1. The van der Waals surface area contributed by atoms with Crippen LogP contribution in [0.15, 0.2) is 81.0 Å². The molecule has 0 saturated carbocycles. The number of aromatic amines is 1. The molecule has 8 nitrogen and oxygen atoms in total. The zero-order valence-electron chi connectivity index (χ0n) is 20.7. The Labute approximate surface area is 260 Å². The molecule has 0 aliphatic carbocycles. The number of H-pyrrole nitrogens is 1. The lowest BCUT2D eigenvalue weighted by atomic mass is 9.82. The van der Waals surface area contributed by atoms with E-state index in [1.807, 2.05) is 0 Å². The van der Waals surface area contributed by atoms with Crippen molar-refractivity contribution < 1.29 is 19.1 Å². The third-order valence-corrected chi connectivity index (χ3v) is 10.4. The first-order chi connectivity index (χ1) is 19.7. The lowest BCUT2D eigenvalue weighted by Crippen LogP contribution is -2.32. The van der Waals surface area contributed by atoms with Crippen molar-refractivity contribution in [2.75, 3.05) is 16.8 Å². The van der Waals surface area contributed by atoms with E-state index >= 15 is 0 Å². The van der Waals surface area contributed by atoms with Gasteiger partial charge in [0.2, 0.25) is 11.8 Å². The number of amides is 3. The summed E-state index contributed by atoms with van der Waals surface area (Å²) >= 11 is 17.6. The summed E-state index contributed by atoms with van der Waals surface area (Å²) in [5.74, 6) is -2.22. The van der Waals surface area contributed by atoms with E-state index in [4.69, 9.17) is 27.9 Å². The van der Waals surface area contributed by atoms with Crippen LogP contribution in [0.2, 0.25) is 10.0 Å². The monoisotopic (exact) mass is 689 g/mol. The molecular formula is C28H18BrCl2N3O5S2. The third kappa shape index (κ3) is 5.32. The number of halogens is 3. The number of benzene rings is 3. The first kappa shape index (κ1) is 28.0. The highest BCUT2D eigenvalue weighted by atomic mass is 79.9. The van der Waals surface area contributed by atoms with Crippen molar-refractivity contribution in [2.24, 2.45) is 5.92 Å². The number of ether oxygens (including phenoxy) is 1. The van der Waals surface area contributed by atoms with Crippen LogP contribution >= 0.6 is 62.2 Å². The third-order valence-electron chi connectivity index (χ3n) is 6.72. The van der Waals surface area contributed by atoms with E-state index in [0.29, 0.717) is 42.6 Å². The van der Waals surface area contributed by atoms with E-state index in [0.717, 1.165) is 15.8 Å². The van der Waals surface area contributed by atoms with Crippen LogP contribution in [0.4, 0.5) is 11.4 Å². The van der Waals surface area contributed by atoms with Crippen molar-refractivity contribution in [3.63, 3.8) is 0 Å². The van der Waals surface area contributed by atoms with Crippen molar-refractivity contribution in [2.45, 2.75) is 16.2 Å². The molecule has 0 radical (unpaired) electrons. The van der Waals surface area contributed by atoms with Crippen LogP contribution in [0, 0.1) is 5.92 Å². The standard InChI is InChI=1S/C28H18BrCl2N3O5S2/c29-13-5-8-15(9-6-13)34-26(36)22-21(23-25(33-28(38)41-23)40-24(22)27(34)37)16-3-1-2-4-19(16)39-12-20(35)32-14-7-10-17(30)18(31)11-14/h1-11,21-22,24H,12H2,(H,32,35)(H,33,38)/t21-,22?,24?/m1/s1. The zero-order valence-corrected chi connectivity index (χ0v) is 25.5. The number of hydrogen-bond acceptors (Lipinski definition) is 7. The number of carbonyl (C=O) groups is 3.